The Kier molecular flexibility index (Phi) is 12.7. The number of phosphoric acid groups is 1. The average molecular weight is 769 g/mol. The molecule has 0 amide bonds. The summed E-state index contributed by atoms with van der Waals surface area (Å²) in [5.41, 5.74) is 0. The molecule has 0 aromatic rings. The molecule has 10 nitrogen and oxygen atoms in total. The average Bonchev–Trinajstić information content (AvgIpc) is 2.92. The van der Waals surface area contributed by atoms with E-state index in [-0.39, 0.29) is 47.1 Å². The van der Waals surface area contributed by atoms with Crippen LogP contribution in [0.3, 0.4) is 0 Å². The van der Waals surface area contributed by atoms with Crippen LogP contribution in [0.1, 0.15) is 91.9 Å². The molecule has 2 saturated carbocycles. The zero-order valence-corrected chi connectivity index (χ0v) is 28.4. The molecule has 0 heterocycles. The Morgan fingerprint density at radius 3 is 1.11 bits per heavy atom. The molecule has 0 aromatic carbocycles. The monoisotopic (exact) mass is 768 g/mol. The number of phosphoric ester groups is 1. The van der Waals surface area contributed by atoms with E-state index in [2.05, 4.69) is 0 Å². The van der Waals surface area contributed by atoms with Crippen molar-refractivity contribution in [2.45, 2.75) is 138 Å². The second kappa shape index (κ2) is 14.1. The summed E-state index contributed by atoms with van der Waals surface area (Å²) in [6.45, 7) is 1.66. The summed E-state index contributed by atoms with van der Waals surface area (Å²) < 4.78 is 210. The summed E-state index contributed by atoms with van der Waals surface area (Å²) in [5, 5.41) is 0. The van der Waals surface area contributed by atoms with Crippen molar-refractivity contribution < 1.29 is 79.2 Å². The molecule has 0 bridgehead atoms. The molecule has 0 radical (unpaired) electrons. The van der Waals surface area contributed by atoms with Crippen molar-refractivity contribution in [2.75, 3.05) is 13.1 Å². The normalized spacial score (nSPS) is 23.0. The van der Waals surface area contributed by atoms with Crippen molar-refractivity contribution >= 4 is 27.9 Å². The molecule has 0 aliphatic heterocycles. The fourth-order valence-electron chi connectivity index (χ4n) is 6.44. The smallest absolute Gasteiger partial charge is 0.302 e. The van der Waals surface area contributed by atoms with E-state index >= 15 is 0 Å². The molecule has 1 N–H and O–H groups in total. The summed E-state index contributed by atoms with van der Waals surface area (Å²) in [6.07, 6.45) is -22.7. The fourth-order valence-corrected chi connectivity index (χ4v) is 12.5. The molecule has 2 unspecified atom stereocenters. The van der Waals surface area contributed by atoms with E-state index in [0.29, 0.717) is 13.8 Å². The third kappa shape index (κ3) is 7.35. The van der Waals surface area contributed by atoms with Crippen LogP contribution in [0.15, 0.2) is 0 Å². The molecule has 2 aliphatic rings. The molecule has 0 aromatic heterocycles. The summed E-state index contributed by atoms with van der Waals surface area (Å²) in [4.78, 5) is 10.4. The first kappa shape index (κ1) is 42.4. The highest BCUT2D eigenvalue weighted by atomic mass is 32.2. The van der Waals surface area contributed by atoms with Gasteiger partial charge >= 0.3 is 32.0 Å². The maximum atomic E-state index is 14.9. The van der Waals surface area contributed by atoms with E-state index in [9.17, 15) is 70.2 Å². The van der Waals surface area contributed by atoms with E-state index in [1.54, 1.807) is 0 Å². The second-order valence-corrected chi connectivity index (χ2v) is 17.3. The van der Waals surface area contributed by atoms with Gasteiger partial charge in [-0.2, -0.15) is 52.5 Å². The maximum Gasteiger partial charge on any atom is 0.475 e. The SMILES string of the molecule is CCN(C(C)OP(=O)(O)OC(C)N(CC)S(=O)(=O)C1(C(F)(F)C(F)(F)F)CCCCC1)S(=O)(=O)C1(C(F)(F)C(F)(F)F)CCCCC1. The van der Waals surface area contributed by atoms with Crippen molar-refractivity contribution in [3.05, 3.63) is 0 Å². The third-order valence-corrected chi connectivity index (χ3v) is 15.6. The van der Waals surface area contributed by atoms with Crippen LogP contribution in [-0.4, -0.2) is 89.6 Å². The minimum absolute atomic E-state index is 0.0237. The number of halogens is 10. The first-order valence-corrected chi connectivity index (χ1v) is 19.1. The van der Waals surface area contributed by atoms with E-state index in [0.717, 1.165) is 13.8 Å². The Bertz CT molecular complexity index is 1250. The minimum atomic E-state index is -6.31. The van der Waals surface area contributed by atoms with E-state index in [4.69, 9.17) is 9.05 Å². The zero-order chi connectivity index (χ0) is 36.7. The highest BCUT2D eigenvalue weighted by Gasteiger charge is 2.77. The van der Waals surface area contributed by atoms with Crippen molar-refractivity contribution in [3.63, 3.8) is 0 Å². The van der Waals surface area contributed by atoms with Crippen LogP contribution in [0, 0.1) is 0 Å². The lowest BCUT2D eigenvalue weighted by molar-refractivity contribution is -0.299. The quantitative estimate of drug-likeness (QED) is 0.115. The Morgan fingerprint density at radius 1 is 0.638 bits per heavy atom. The highest BCUT2D eigenvalue weighted by molar-refractivity contribution is 7.91. The molecule has 2 atom stereocenters. The first-order chi connectivity index (χ1) is 21.1. The van der Waals surface area contributed by atoms with Gasteiger partial charge in [0.25, 0.3) is 0 Å². The largest absolute Gasteiger partial charge is 0.475 e. The minimum Gasteiger partial charge on any atom is -0.302 e. The molecule has 2 rings (SSSR count). The van der Waals surface area contributed by atoms with Crippen molar-refractivity contribution in [2.24, 2.45) is 0 Å². The molecule has 47 heavy (non-hydrogen) atoms. The van der Waals surface area contributed by atoms with Gasteiger partial charge in [-0.05, 0) is 39.5 Å². The molecule has 2 fully saturated rings. The lowest BCUT2D eigenvalue weighted by Crippen LogP contribution is -2.66. The molecular formula is C24H39F10N2O8PS2. The molecule has 0 spiro atoms. The third-order valence-electron chi connectivity index (χ3n) is 8.79. The van der Waals surface area contributed by atoms with Gasteiger partial charge in [-0.1, -0.05) is 52.4 Å². The molecular weight excluding hydrogens is 729 g/mol. The predicted octanol–water partition coefficient (Wildman–Crippen LogP) is 6.92. The Balaban J connectivity index is 2.46. The van der Waals surface area contributed by atoms with E-state index in [1.165, 1.54) is 0 Å². The van der Waals surface area contributed by atoms with Crippen molar-refractivity contribution in [1.29, 1.82) is 0 Å². The summed E-state index contributed by atoms with van der Waals surface area (Å²) >= 11 is 0. The maximum absolute atomic E-state index is 14.9. The summed E-state index contributed by atoms with van der Waals surface area (Å²) in [6, 6.07) is 0. The summed E-state index contributed by atoms with van der Waals surface area (Å²) in [5.74, 6) is -11.5. The number of alkyl halides is 10. The Morgan fingerprint density at radius 2 is 0.894 bits per heavy atom. The standard InChI is InChI=1S/C24H39F10N2O8PS2/c1-5-35(46(39,40)19(13-9-7-10-14-19)21(25,26)23(29,30)31)17(3)43-45(37,38)44-18(4)36(6-2)47(41,42)20(15-11-8-12-16-20)22(27,28)24(32,33)34/h17-18H,5-16H2,1-4H3,(H,37,38). The van der Waals surface area contributed by atoms with Gasteiger partial charge in [0, 0.05) is 13.1 Å². The fraction of sp³-hybridized carbons (Fsp3) is 1.00. The van der Waals surface area contributed by atoms with Gasteiger partial charge in [-0.25, -0.2) is 21.4 Å². The summed E-state index contributed by atoms with van der Waals surface area (Å²) in [7, 11) is -17.2. The van der Waals surface area contributed by atoms with Crippen LogP contribution >= 0.6 is 7.82 Å². The number of sulfonamides is 2. The van der Waals surface area contributed by atoms with Gasteiger partial charge in [-0.15, -0.1) is 0 Å². The number of hydrogen-bond donors (Lipinski definition) is 1. The molecule has 0 saturated heterocycles. The molecule has 280 valence electrons. The van der Waals surface area contributed by atoms with Crippen LogP contribution in [0.5, 0.6) is 0 Å². The van der Waals surface area contributed by atoms with Crippen LogP contribution in [0.4, 0.5) is 43.9 Å². The van der Waals surface area contributed by atoms with Gasteiger partial charge in [-0.3, -0.25) is 9.05 Å². The van der Waals surface area contributed by atoms with Crippen LogP contribution in [0.2, 0.25) is 0 Å². The van der Waals surface area contributed by atoms with E-state index in [1.807, 2.05) is 0 Å². The van der Waals surface area contributed by atoms with Gasteiger partial charge in [0.05, 0.1) is 0 Å². The number of rotatable bonds is 14. The van der Waals surface area contributed by atoms with Crippen LogP contribution < -0.4 is 0 Å². The lowest BCUT2D eigenvalue weighted by Gasteiger charge is -2.46. The Labute approximate surface area is 266 Å². The van der Waals surface area contributed by atoms with Gasteiger partial charge in [0.2, 0.25) is 20.0 Å². The predicted molar refractivity (Wildman–Crippen MR) is 147 cm³/mol. The van der Waals surface area contributed by atoms with Crippen molar-refractivity contribution in [1.82, 2.24) is 8.61 Å². The van der Waals surface area contributed by atoms with Crippen LogP contribution in [0.25, 0.3) is 0 Å². The zero-order valence-electron chi connectivity index (χ0n) is 25.9. The van der Waals surface area contributed by atoms with Gasteiger partial charge in [0.15, 0.2) is 9.49 Å². The van der Waals surface area contributed by atoms with Gasteiger partial charge in [0.1, 0.15) is 12.5 Å². The second-order valence-electron chi connectivity index (χ2n) is 11.5. The first-order valence-electron chi connectivity index (χ1n) is 14.7. The van der Waals surface area contributed by atoms with Crippen LogP contribution in [-0.2, 0) is 33.7 Å². The molecule has 23 heteroatoms. The number of nitrogens with zero attached hydrogens (tertiary/aromatic N) is 2. The molecule has 2 aliphatic carbocycles. The topological polar surface area (TPSA) is 131 Å². The number of hydrogen-bond acceptors (Lipinski definition) is 7. The van der Waals surface area contributed by atoms with Gasteiger partial charge < -0.3 is 4.89 Å². The lowest BCUT2D eigenvalue weighted by atomic mass is 9.83. The Hall–Kier alpha value is -0.770. The highest BCUT2D eigenvalue weighted by Crippen LogP contribution is 2.57. The van der Waals surface area contributed by atoms with Crippen molar-refractivity contribution in [3.8, 4) is 0 Å². The van der Waals surface area contributed by atoms with E-state index < -0.39 is 113 Å².